The molecule has 0 saturated heterocycles. The van der Waals surface area contributed by atoms with Gasteiger partial charge in [-0.15, -0.1) is 0 Å². The standard InChI is InChI=1S/C13H19NO3/c1-13(2,3)17-12(15)14-9-10-5-7-11(16-4)8-6-10/h5-8H,9H2,1-4H3,(H,14,15)/i9D/t9-/m0/s1. The van der Waals surface area contributed by atoms with Crippen LogP contribution in [0.4, 0.5) is 4.79 Å². The number of hydrogen-bond acceptors (Lipinski definition) is 3. The van der Waals surface area contributed by atoms with Crippen molar-refractivity contribution in [3.63, 3.8) is 0 Å². The Kier molecular flexibility index (Phi) is 3.85. The van der Waals surface area contributed by atoms with E-state index in [1.54, 1.807) is 52.1 Å². The molecule has 1 rings (SSSR count). The number of carbonyl (C=O) groups excluding carboxylic acids is 1. The van der Waals surface area contributed by atoms with Gasteiger partial charge in [0.25, 0.3) is 0 Å². The van der Waals surface area contributed by atoms with Crippen LogP contribution >= 0.6 is 0 Å². The molecule has 1 aromatic carbocycles. The van der Waals surface area contributed by atoms with Gasteiger partial charge in [0.15, 0.2) is 0 Å². The van der Waals surface area contributed by atoms with Gasteiger partial charge in [-0.05, 0) is 38.5 Å². The van der Waals surface area contributed by atoms with Gasteiger partial charge in [0, 0.05) is 6.52 Å². The smallest absolute Gasteiger partial charge is 0.407 e. The molecule has 0 unspecified atom stereocenters. The van der Waals surface area contributed by atoms with Crippen molar-refractivity contribution in [2.45, 2.75) is 32.9 Å². The molecule has 0 radical (unpaired) electrons. The van der Waals surface area contributed by atoms with E-state index in [2.05, 4.69) is 5.32 Å². The Hall–Kier alpha value is -1.71. The zero-order chi connectivity index (χ0) is 13.8. The van der Waals surface area contributed by atoms with E-state index < -0.39 is 18.2 Å². The van der Waals surface area contributed by atoms with E-state index in [1.165, 1.54) is 0 Å². The molecular weight excluding hydrogens is 218 g/mol. The van der Waals surface area contributed by atoms with Gasteiger partial charge < -0.3 is 14.8 Å². The van der Waals surface area contributed by atoms with Crippen molar-refractivity contribution in [2.75, 3.05) is 7.11 Å². The summed E-state index contributed by atoms with van der Waals surface area (Å²) in [6, 6.07) is 6.95. The number of carbonyl (C=O) groups is 1. The first kappa shape index (κ1) is 11.8. The van der Waals surface area contributed by atoms with E-state index in [0.29, 0.717) is 11.3 Å². The van der Waals surface area contributed by atoms with Crippen molar-refractivity contribution in [1.82, 2.24) is 5.32 Å². The van der Waals surface area contributed by atoms with Crippen molar-refractivity contribution >= 4 is 6.09 Å². The lowest BCUT2D eigenvalue weighted by Crippen LogP contribution is -2.32. The fraction of sp³-hybridized carbons (Fsp3) is 0.462. The quantitative estimate of drug-likeness (QED) is 0.880. The minimum Gasteiger partial charge on any atom is -0.497 e. The molecule has 0 saturated carbocycles. The maximum atomic E-state index is 11.5. The molecule has 0 fully saturated rings. The highest BCUT2D eigenvalue weighted by Crippen LogP contribution is 2.11. The number of alkyl carbamates (subject to hydrolysis) is 1. The molecule has 0 heterocycles. The molecule has 0 aliphatic heterocycles. The van der Waals surface area contributed by atoms with Crippen LogP contribution in [0, 0.1) is 0 Å². The molecular formula is C13H19NO3. The predicted molar refractivity (Wildman–Crippen MR) is 66.1 cm³/mol. The van der Waals surface area contributed by atoms with E-state index in [-0.39, 0.29) is 0 Å². The molecule has 94 valence electrons. The summed E-state index contributed by atoms with van der Waals surface area (Å²) in [4.78, 5) is 11.5. The van der Waals surface area contributed by atoms with Crippen LogP contribution in [0.5, 0.6) is 5.75 Å². The van der Waals surface area contributed by atoms with E-state index in [9.17, 15) is 4.79 Å². The molecule has 1 amide bonds. The van der Waals surface area contributed by atoms with Crippen molar-refractivity contribution in [3.05, 3.63) is 29.8 Å². The Morgan fingerprint density at radius 1 is 1.35 bits per heavy atom. The summed E-state index contributed by atoms with van der Waals surface area (Å²) in [5, 5.41) is 2.45. The van der Waals surface area contributed by atoms with E-state index in [0.717, 1.165) is 0 Å². The van der Waals surface area contributed by atoms with Gasteiger partial charge in [0.2, 0.25) is 0 Å². The largest absolute Gasteiger partial charge is 0.497 e. The second kappa shape index (κ2) is 5.57. The van der Waals surface area contributed by atoms with Gasteiger partial charge in [-0.3, -0.25) is 0 Å². The lowest BCUT2D eigenvalue weighted by Gasteiger charge is -2.19. The second-order valence-electron chi connectivity index (χ2n) is 4.56. The molecule has 0 spiro atoms. The average molecular weight is 238 g/mol. The minimum absolute atomic E-state index is 0.566. The first-order valence-corrected chi connectivity index (χ1v) is 5.37. The predicted octanol–water partition coefficient (Wildman–Crippen LogP) is 2.72. The highest BCUT2D eigenvalue weighted by molar-refractivity contribution is 5.67. The van der Waals surface area contributed by atoms with E-state index >= 15 is 0 Å². The number of ether oxygens (including phenoxy) is 2. The minimum atomic E-state index is -0.856. The van der Waals surface area contributed by atoms with Crippen molar-refractivity contribution in [3.8, 4) is 5.75 Å². The second-order valence-corrected chi connectivity index (χ2v) is 4.56. The lowest BCUT2D eigenvalue weighted by molar-refractivity contribution is 0.0523. The molecule has 0 bridgehead atoms. The molecule has 4 heteroatoms. The summed E-state index contributed by atoms with van der Waals surface area (Å²) in [5.41, 5.74) is 0.102. The summed E-state index contributed by atoms with van der Waals surface area (Å²) in [6.45, 7) is 4.47. The summed E-state index contributed by atoms with van der Waals surface area (Å²) in [5.74, 6) is 0.711. The lowest BCUT2D eigenvalue weighted by atomic mass is 10.2. The maximum absolute atomic E-state index is 11.5. The maximum Gasteiger partial charge on any atom is 0.407 e. The number of nitrogens with one attached hydrogen (secondary N) is 1. The van der Waals surface area contributed by atoms with Crippen LogP contribution in [-0.2, 0) is 11.3 Å². The van der Waals surface area contributed by atoms with Crippen LogP contribution in [0.1, 0.15) is 27.7 Å². The summed E-state index contributed by atoms with van der Waals surface area (Å²) in [6.07, 6.45) is -0.599. The normalized spacial score (nSPS) is 13.5. The van der Waals surface area contributed by atoms with Crippen LogP contribution in [0.15, 0.2) is 24.3 Å². The van der Waals surface area contributed by atoms with Crippen molar-refractivity contribution in [2.24, 2.45) is 0 Å². The Balaban J connectivity index is 2.59. The van der Waals surface area contributed by atoms with Crippen molar-refractivity contribution < 1.29 is 15.6 Å². The third kappa shape index (κ3) is 5.24. The zero-order valence-corrected chi connectivity index (χ0v) is 10.6. The average Bonchev–Trinajstić information content (AvgIpc) is 2.26. The highest BCUT2D eigenvalue weighted by Gasteiger charge is 2.15. The molecule has 1 atom stereocenters. The van der Waals surface area contributed by atoms with Gasteiger partial charge >= 0.3 is 6.09 Å². The summed E-state index contributed by atoms with van der Waals surface area (Å²) >= 11 is 0. The monoisotopic (exact) mass is 238 g/mol. The number of hydrogen-bond donors (Lipinski definition) is 1. The molecule has 4 nitrogen and oxygen atoms in total. The summed E-state index contributed by atoms with van der Waals surface area (Å²) < 4.78 is 17.9. The third-order valence-electron chi connectivity index (χ3n) is 1.87. The van der Waals surface area contributed by atoms with E-state index in [4.69, 9.17) is 10.8 Å². The van der Waals surface area contributed by atoms with Gasteiger partial charge in [-0.2, -0.15) is 0 Å². The first-order chi connectivity index (χ1) is 8.31. The Morgan fingerprint density at radius 2 is 1.94 bits per heavy atom. The van der Waals surface area contributed by atoms with Gasteiger partial charge in [0.05, 0.1) is 8.48 Å². The van der Waals surface area contributed by atoms with Crippen LogP contribution in [0.3, 0.4) is 0 Å². The molecule has 17 heavy (non-hydrogen) atoms. The van der Waals surface area contributed by atoms with Crippen LogP contribution in [-0.4, -0.2) is 18.8 Å². The van der Waals surface area contributed by atoms with Gasteiger partial charge in [-0.1, -0.05) is 12.1 Å². The third-order valence-corrected chi connectivity index (χ3v) is 1.87. The number of methoxy groups -OCH3 is 1. The zero-order valence-electron chi connectivity index (χ0n) is 11.6. The van der Waals surface area contributed by atoms with E-state index in [1.807, 2.05) is 0 Å². The molecule has 0 aliphatic rings. The Bertz CT molecular complexity index is 398. The SMILES string of the molecule is [2H][C@H](NC(=O)OC(C)(C)C)c1ccc(OC)cc1. The Labute approximate surface area is 103 Å². The topological polar surface area (TPSA) is 47.6 Å². The number of benzene rings is 1. The number of rotatable bonds is 3. The summed E-state index contributed by atoms with van der Waals surface area (Å²) in [7, 11) is 1.58. The fourth-order valence-corrected chi connectivity index (χ4v) is 1.15. The molecule has 0 aliphatic carbocycles. The fourth-order valence-electron chi connectivity index (χ4n) is 1.15. The molecule has 1 N–H and O–H groups in total. The van der Waals surface area contributed by atoms with Crippen LogP contribution in [0.2, 0.25) is 0 Å². The van der Waals surface area contributed by atoms with Crippen LogP contribution in [0.25, 0.3) is 0 Å². The van der Waals surface area contributed by atoms with Crippen LogP contribution < -0.4 is 10.1 Å². The first-order valence-electron chi connectivity index (χ1n) is 5.95. The molecule has 0 aromatic heterocycles. The Morgan fingerprint density at radius 3 is 2.41 bits per heavy atom. The number of amides is 1. The molecule has 1 aromatic rings. The van der Waals surface area contributed by atoms with Crippen molar-refractivity contribution in [1.29, 1.82) is 0 Å². The van der Waals surface area contributed by atoms with Gasteiger partial charge in [0.1, 0.15) is 11.4 Å². The van der Waals surface area contributed by atoms with Gasteiger partial charge in [-0.25, -0.2) is 4.79 Å². The highest BCUT2D eigenvalue weighted by atomic mass is 16.6.